The largest absolute Gasteiger partial charge is 0.489 e. The lowest BCUT2D eigenvalue weighted by Gasteiger charge is -2.26. The highest BCUT2D eigenvalue weighted by Crippen LogP contribution is 2.13. The Labute approximate surface area is 168 Å². The first-order chi connectivity index (χ1) is 11.6. The summed E-state index contributed by atoms with van der Waals surface area (Å²) in [6.45, 7) is 10.2. The number of rotatable bonds is 8. The van der Waals surface area contributed by atoms with Gasteiger partial charge in [-0.15, -0.1) is 24.0 Å². The summed E-state index contributed by atoms with van der Waals surface area (Å²) in [6, 6.07) is 8.02. The Kier molecular flexibility index (Phi) is 10.8. The number of nitrogens with zero attached hydrogens (tertiary/aromatic N) is 2. The summed E-state index contributed by atoms with van der Waals surface area (Å²) in [5.41, 5.74) is 7.13. The van der Waals surface area contributed by atoms with Gasteiger partial charge < -0.3 is 20.5 Å². The van der Waals surface area contributed by atoms with Crippen LogP contribution in [-0.4, -0.2) is 62.9 Å². The predicted molar refractivity (Wildman–Crippen MR) is 113 cm³/mol. The number of aryl methyl sites for hydroxylation is 1. The van der Waals surface area contributed by atoms with Gasteiger partial charge in [-0.05, 0) is 38.9 Å². The van der Waals surface area contributed by atoms with Gasteiger partial charge in [0.05, 0.1) is 19.8 Å². The molecule has 6 nitrogen and oxygen atoms in total. The van der Waals surface area contributed by atoms with E-state index in [1.165, 1.54) is 5.56 Å². The van der Waals surface area contributed by atoms with Crippen LogP contribution in [0.4, 0.5) is 0 Å². The number of benzene rings is 1. The number of aliphatic imine (C=N–C) groups is 1. The number of halogens is 1. The average Bonchev–Trinajstić information content (AvgIpc) is 2.60. The van der Waals surface area contributed by atoms with Gasteiger partial charge in [0.1, 0.15) is 11.9 Å². The van der Waals surface area contributed by atoms with Crippen LogP contribution >= 0.6 is 24.0 Å². The summed E-state index contributed by atoms with van der Waals surface area (Å²) in [5, 5.41) is 3.16. The van der Waals surface area contributed by atoms with E-state index < -0.39 is 0 Å². The molecule has 1 atom stereocenters. The third-order valence-corrected chi connectivity index (χ3v) is 3.94. The van der Waals surface area contributed by atoms with Crippen LogP contribution in [0.3, 0.4) is 0 Å². The minimum absolute atomic E-state index is 0. The molecule has 0 amide bonds. The quantitative estimate of drug-likeness (QED) is 0.268. The molecule has 0 saturated carbocycles. The SMILES string of the molecule is Cc1ccc(OC(C)CN=C(N)NCCCN2CCOCC2)cc1.I. The van der Waals surface area contributed by atoms with E-state index in [2.05, 4.69) is 22.1 Å². The molecule has 1 aromatic carbocycles. The van der Waals surface area contributed by atoms with Crippen LogP contribution in [-0.2, 0) is 4.74 Å². The van der Waals surface area contributed by atoms with Crippen molar-refractivity contribution in [3.8, 4) is 5.75 Å². The van der Waals surface area contributed by atoms with Gasteiger partial charge in [0, 0.05) is 19.6 Å². The smallest absolute Gasteiger partial charge is 0.188 e. The zero-order valence-electron chi connectivity index (χ0n) is 15.2. The summed E-state index contributed by atoms with van der Waals surface area (Å²) < 4.78 is 11.2. The van der Waals surface area contributed by atoms with Gasteiger partial charge in [-0.2, -0.15) is 0 Å². The minimum Gasteiger partial charge on any atom is -0.489 e. The molecule has 142 valence electrons. The van der Waals surface area contributed by atoms with Gasteiger partial charge in [-0.3, -0.25) is 4.90 Å². The summed E-state index contributed by atoms with van der Waals surface area (Å²) in [4.78, 5) is 6.76. The van der Waals surface area contributed by atoms with Crippen molar-refractivity contribution in [3.63, 3.8) is 0 Å². The topological polar surface area (TPSA) is 72.1 Å². The molecule has 1 unspecified atom stereocenters. The second-order valence-corrected chi connectivity index (χ2v) is 6.20. The fraction of sp³-hybridized carbons (Fsp3) is 0.611. The average molecular weight is 462 g/mol. The highest BCUT2D eigenvalue weighted by atomic mass is 127. The summed E-state index contributed by atoms with van der Waals surface area (Å²) in [7, 11) is 0. The first kappa shape index (κ1) is 22.0. The molecule has 1 fully saturated rings. The maximum atomic E-state index is 5.90. The van der Waals surface area contributed by atoms with E-state index in [0.29, 0.717) is 12.5 Å². The first-order valence-electron chi connectivity index (χ1n) is 8.70. The summed E-state index contributed by atoms with van der Waals surface area (Å²) >= 11 is 0. The van der Waals surface area contributed by atoms with Crippen LogP contribution in [0, 0.1) is 6.92 Å². The van der Waals surface area contributed by atoms with Gasteiger partial charge in [-0.1, -0.05) is 17.7 Å². The molecule has 0 bridgehead atoms. The van der Waals surface area contributed by atoms with Crippen molar-refractivity contribution in [1.82, 2.24) is 10.2 Å². The number of morpholine rings is 1. The number of nitrogens with one attached hydrogen (secondary N) is 1. The molecule has 0 spiro atoms. The molecule has 3 N–H and O–H groups in total. The Hall–Kier alpha value is -1.06. The van der Waals surface area contributed by atoms with Crippen molar-refractivity contribution in [2.45, 2.75) is 26.4 Å². The Morgan fingerprint density at radius 1 is 1.32 bits per heavy atom. The highest BCUT2D eigenvalue weighted by molar-refractivity contribution is 14.0. The lowest BCUT2D eigenvalue weighted by atomic mass is 10.2. The zero-order valence-corrected chi connectivity index (χ0v) is 17.6. The Balaban J connectivity index is 0.00000312. The number of hydrogen-bond acceptors (Lipinski definition) is 4. The lowest BCUT2D eigenvalue weighted by molar-refractivity contribution is 0.0376. The maximum Gasteiger partial charge on any atom is 0.188 e. The third kappa shape index (κ3) is 9.27. The molecule has 0 radical (unpaired) electrons. The molecule has 1 saturated heterocycles. The first-order valence-corrected chi connectivity index (χ1v) is 8.70. The molecule has 0 aliphatic carbocycles. The number of guanidine groups is 1. The van der Waals surface area contributed by atoms with Crippen molar-refractivity contribution in [1.29, 1.82) is 0 Å². The number of nitrogens with two attached hydrogens (primary N) is 1. The number of hydrogen-bond donors (Lipinski definition) is 2. The van der Waals surface area contributed by atoms with E-state index in [4.69, 9.17) is 15.2 Å². The van der Waals surface area contributed by atoms with Crippen LogP contribution in [0.5, 0.6) is 5.75 Å². The van der Waals surface area contributed by atoms with Crippen LogP contribution in [0.1, 0.15) is 18.9 Å². The molecule has 1 heterocycles. The molecule has 2 rings (SSSR count). The predicted octanol–water partition coefficient (Wildman–Crippen LogP) is 2.01. The fourth-order valence-corrected chi connectivity index (χ4v) is 2.51. The number of ether oxygens (including phenoxy) is 2. The van der Waals surface area contributed by atoms with Gasteiger partial charge in [-0.25, -0.2) is 4.99 Å². The van der Waals surface area contributed by atoms with E-state index in [1.807, 2.05) is 31.2 Å². The van der Waals surface area contributed by atoms with Gasteiger partial charge in [0.15, 0.2) is 5.96 Å². The molecular weight excluding hydrogens is 431 g/mol. The second-order valence-electron chi connectivity index (χ2n) is 6.20. The van der Waals surface area contributed by atoms with Crippen molar-refractivity contribution in [2.24, 2.45) is 10.7 Å². The fourth-order valence-electron chi connectivity index (χ4n) is 2.51. The molecule has 1 aromatic rings. The second kappa shape index (κ2) is 12.3. The Morgan fingerprint density at radius 2 is 2.00 bits per heavy atom. The van der Waals surface area contributed by atoms with Gasteiger partial charge >= 0.3 is 0 Å². The van der Waals surface area contributed by atoms with Crippen LogP contribution < -0.4 is 15.8 Å². The monoisotopic (exact) mass is 462 g/mol. The summed E-state index contributed by atoms with van der Waals surface area (Å²) in [6.07, 6.45) is 1.03. The molecule has 25 heavy (non-hydrogen) atoms. The zero-order chi connectivity index (χ0) is 17.2. The molecule has 7 heteroatoms. The molecule has 1 aliphatic rings. The lowest BCUT2D eigenvalue weighted by Crippen LogP contribution is -2.39. The van der Waals surface area contributed by atoms with Crippen LogP contribution in [0.2, 0.25) is 0 Å². The van der Waals surface area contributed by atoms with Crippen molar-refractivity contribution in [3.05, 3.63) is 29.8 Å². The summed E-state index contributed by atoms with van der Waals surface area (Å²) in [5.74, 6) is 1.34. The maximum absolute atomic E-state index is 5.90. The molecular formula is C18H31IN4O2. The highest BCUT2D eigenvalue weighted by Gasteiger charge is 2.09. The normalized spacial score (nSPS) is 16.8. The van der Waals surface area contributed by atoms with Crippen LogP contribution in [0.15, 0.2) is 29.3 Å². The van der Waals surface area contributed by atoms with Crippen LogP contribution in [0.25, 0.3) is 0 Å². The Bertz CT molecular complexity index is 504. The van der Waals surface area contributed by atoms with E-state index in [-0.39, 0.29) is 30.1 Å². The molecule has 0 aromatic heterocycles. The van der Waals surface area contributed by atoms with E-state index in [0.717, 1.165) is 51.6 Å². The van der Waals surface area contributed by atoms with E-state index in [1.54, 1.807) is 0 Å². The standard InChI is InChI=1S/C18H30N4O2.HI/c1-15-4-6-17(7-5-15)24-16(2)14-21-18(19)20-8-3-9-22-10-12-23-13-11-22;/h4-7,16H,3,8-14H2,1-2H3,(H3,19,20,21);1H. The molecule has 1 aliphatic heterocycles. The van der Waals surface area contributed by atoms with E-state index >= 15 is 0 Å². The van der Waals surface area contributed by atoms with Crippen molar-refractivity contribution in [2.75, 3.05) is 45.9 Å². The third-order valence-electron chi connectivity index (χ3n) is 3.94. The van der Waals surface area contributed by atoms with E-state index in [9.17, 15) is 0 Å². The minimum atomic E-state index is -0.0126. The van der Waals surface area contributed by atoms with Crippen molar-refractivity contribution < 1.29 is 9.47 Å². The van der Waals surface area contributed by atoms with Gasteiger partial charge in [0.25, 0.3) is 0 Å². The van der Waals surface area contributed by atoms with Crippen molar-refractivity contribution >= 4 is 29.9 Å². The Morgan fingerprint density at radius 3 is 2.68 bits per heavy atom. The van der Waals surface area contributed by atoms with Gasteiger partial charge in [0.2, 0.25) is 0 Å².